The molecule has 2 N–H and O–H groups in total. The molecule has 2 atom stereocenters. The first-order valence-electron chi connectivity index (χ1n) is 6.74. The molecule has 0 aromatic rings. The average Bonchev–Trinajstić information content (AvgIpc) is 2.34. The van der Waals surface area contributed by atoms with Crippen molar-refractivity contribution in [2.45, 2.75) is 59.0 Å². The third-order valence-corrected chi connectivity index (χ3v) is 2.74. The summed E-state index contributed by atoms with van der Waals surface area (Å²) in [5.74, 6) is -0.238. The molecule has 0 aromatic carbocycles. The van der Waals surface area contributed by atoms with E-state index < -0.39 is 0 Å². The highest BCUT2D eigenvalue weighted by atomic mass is 16.5. The molecule has 0 rings (SSSR count). The number of ether oxygens (including phenoxy) is 1. The maximum Gasteiger partial charge on any atom is 0.323 e. The quantitative estimate of drug-likeness (QED) is 0.610. The van der Waals surface area contributed by atoms with Gasteiger partial charge in [-0.1, -0.05) is 13.8 Å². The van der Waals surface area contributed by atoms with Crippen molar-refractivity contribution >= 4 is 11.9 Å². The number of hydrogen-bond donors (Lipinski definition) is 2. The topological polar surface area (TPSA) is 67.4 Å². The Hall–Kier alpha value is -1.10. The van der Waals surface area contributed by atoms with E-state index in [9.17, 15) is 9.59 Å². The molecule has 0 aliphatic carbocycles. The second-order valence-electron chi connectivity index (χ2n) is 4.29. The van der Waals surface area contributed by atoms with Crippen LogP contribution in [0.15, 0.2) is 0 Å². The van der Waals surface area contributed by atoms with Crippen LogP contribution >= 0.6 is 0 Å². The lowest BCUT2D eigenvalue weighted by Crippen LogP contribution is -2.40. The van der Waals surface area contributed by atoms with Crippen molar-refractivity contribution in [2.24, 2.45) is 0 Å². The van der Waals surface area contributed by atoms with Gasteiger partial charge in [-0.05, 0) is 26.7 Å². The summed E-state index contributed by atoms with van der Waals surface area (Å²) in [7, 11) is 0. The second-order valence-corrected chi connectivity index (χ2v) is 4.29. The minimum atomic E-state index is -0.318. The summed E-state index contributed by atoms with van der Waals surface area (Å²) >= 11 is 0. The molecule has 0 heterocycles. The summed E-state index contributed by atoms with van der Waals surface area (Å²) < 4.78 is 4.93. The molecule has 0 aromatic heterocycles. The van der Waals surface area contributed by atoms with Crippen molar-refractivity contribution in [2.75, 3.05) is 13.2 Å². The number of esters is 1. The van der Waals surface area contributed by atoms with Crippen molar-refractivity contribution in [3.63, 3.8) is 0 Å². The Kier molecular flexibility index (Phi) is 9.28. The van der Waals surface area contributed by atoms with E-state index in [0.717, 1.165) is 6.42 Å². The van der Waals surface area contributed by atoms with Gasteiger partial charge in [0.25, 0.3) is 0 Å². The van der Waals surface area contributed by atoms with Crippen LogP contribution in [0.1, 0.15) is 47.0 Å². The van der Waals surface area contributed by atoms with Crippen LogP contribution in [-0.2, 0) is 14.3 Å². The van der Waals surface area contributed by atoms with Gasteiger partial charge in [-0.2, -0.15) is 0 Å². The fraction of sp³-hybridized carbons (Fsp3) is 0.846. The van der Waals surface area contributed by atoms with Crippen molar-refractivity contribution in [1.82, 2.24) is 10.6 Å². The largest absolute Gasteiger partial charge is 0.465 e. The van der Waals surface area contributed by atoms with Crippen LogP contribution in [-0.4, -0.2) is 37.1 Å². The monoisotopic (exact) mass is 258 g/mol. The zero-order valence-electron chi connectivity index (χ0n) is 11.9. The Bertz CT molecular complexity index is 257. The van der Waals surface area contributed by atoms with Crippen molar-refractivity contribution in [3.8, 4) is 0 Å². The second kappa shape index (κ2) is 9.88. The summed E-state index contributed by atoms with van der Waals surface area (Å²) in [5.41, 5.74) is 0. The maximum absolute atomic E-state index is 11.5. The van der Waals surface area contributed by atoms with Gasteiger partial charge in [-0.15, -0.1) is 0 Å². The van der Waals surface area contributed by atoms with E-state index in [1.54, 1.807) is 6.92 Å². The van der Waals surface area contributed by atoms with Crippen LogP contribution in [0.4, 0.5) is 0 Å². The van der Waals surface area contributed by atoms with E-state index in [4.69, 9.17) is 4.74 Å². The molecule has 0 fully saturated rings. The van der Waals surface area contributed by atoms with Crippen molar-refractivity contribution < 1.29 is 14.3 Å². The number of amides is 1. The molecule has 0 spiro atoms. The summed E-state index contributed by atoms with van der Waals surface area (Å²) in [4.78, 5) is 23.0. The minimum absolute atomic E-state index is 0.00978. The van der Waals surface area contributed by atoms with Crippen LogP contribution < -0.4 is 10.6 Å². The molecule has 5 nitrogen and oxygen atoms in total. The van der Waals surface area contributed by atoms with Crippen LogP contribution in [0.3, 0.4) is 0 Å². The van der Waals surface area contributed by atoms with Crippen LogP contribution in [0.2, 0.25) is 0 Å². The van der Waals surface area contributed by atoms with Gasteiger partial charge in [0.2, 0.25) is 5.91 Å². The van der Waals surface area contributed by atoms with Gasteiger partial charge >= 0.3 is 5.97 Å². The number of nitrogens with one attached hydrogen (secondary N) is 2. The smallest absolute Gasteiger partial charge is 0.323 e. The highest BCUT2D eigenvalue weighted by Crippen LogP contribution is 1.96. The van der Waals surface area contributed by atoms with Crippen molar-refractivity contribution in [1.29, 1.82) is 0 Å². The van der Waals surface area contributed by atoms with E-state index in [2.05, 4.69) is 10.6 Å². The standard InChI is InChI=1S/C13H26N2O3/c1-5-10(4)15-12(16)8-9-14-11(6-2)13(17)18-7-3/h10-11,14H,5-9H2,1-4H3,(H,15,16). The fourth-order valence-corrected chi connectivity index (χ4v) is 1.45. The summed E-state index contributed by atoms with van der Waals surface area (Å²) in [6, 6.07) is -0.120. The van der Waals surface area contributed by atoms with Crippen LogP contribution in [0.5, 0.6) is 0 Å². The first-order valence-corrected chi connectivity index (χ1v) is 6.74. The third-order valence-electron chi connectivity index (χ3n) is 2.74. The molecule has 1 amide bonds. The summed E-state index contributed by atoms with van der Waals surface area (Å²) in [6.07, 6.45) is 1.95. The summed E-state index contributed by atoms with van der Waals surface area (Å²) in [6.45, 7) is 8.55. The normalized spacial score (nSPS) is 13.8. The molecule has 0 aliphatic rings. The van der Waals surface area contributed by atoms with Crippen LogP contribution in [0.25, 0.3) is 0 Å². The Labute approximate surface area is 110 Å². The molecule has 106 valence electrons. The molecule has 0 radical (unpaired) electrons. The predicted octanol–water partition coefficient (Wildman–Crippen LogP) is 1.22. The fourth-order valence-electron chi connectivity index (χ4n) is 1.45. The van der Waals surface area contributed by atoms with Gasteiger partial charge in [0.1, 0.15) is 6.04 Å². The molecule has 2 unspecified atom stereocenters. The van der Waals surface area contributed by atoms with Gasteiger partial charge in [-0.3, -0.25) is 9.59 Å². The molecule has 0 saturated carbocycles. The predicted molar refractivity (Wildman–Crippen MR) is 71.2 cm³/mol. The van der Waals surface area contributed by atoms with Gasteiger partial charge in [0, 0.05) is 19.0 Å². The SMILES string of the molecule is CCOC(=O)C(CC)NCCC(=O)NC(C)CC. The van der Waals surface area contributed by atoms with Crippen LogP contribution in [0, 0.1) is 0 Å². The zero-order valence-corrected chi connectivity index (χ0v) is 11.9. The highest BCUT2D eigenvalue weighted by molar-refractivity contribution is 5.77. The minimum Gasteiger partial charge on any atom is -0.465 e. The molecule has 0 bridgehead atoms. The Morgan fingerprint density at radius 2 is 1.83 bits per heavy atom. The van der Waals surface area contributed by atoms with E-state index >= 15 is 0 Å². The zero-order chi connectivity index (χ0) is 14.0. The first kappa shape index (κ1) is 16.9. The Morgan fingerprint density at radius 3 is 2.33 bits per heavy atom. The highest BCUT2D eigenvalue weighted by Gasteiger charge is 2.16. The van der Waals surface area contributed by atoms with Gasteiger partial charge in [-0.25, -0.2) is 0 Å². The molecule has 0 saturated heterocycles. The summed E-state index contributed by atoms with van der Waals surface area (Å²) in [5, 5.41) is 5.92. The van der Waals surface area contributed by atoms with Crippen molar-refractivity contribution in [3.05, 3.63) is 0 Å². The Balaban J connectivity index is 3.86. The lowest BCUT2D eigenvalue weighted by Gasteiger charge is -2.16. The molecule has 0 aliphatic heterocycles. The molecular formula is C13H26N2O3. The lowest BCUT2D eigenvalue weighted by atomic mass is 10.2. The van der Waals surface area contributed by atoms with E-state index in [1.807, 2.05) is 20.8 Å². The van der Waals surface area contributed by atoms with E-state index in [-0.39, 0.29) is 24.0 Å². The third kappa shape index (κ3) is 7.27. The number of hydrogen-bond acceptors (Lipinski definition) is 4. The lowest BCUT2D eigenvalue weighted by molar-refractivity contribution is -0.145. The molecular weight excluding hydrogens is 232 g/mol. The molecule has 18 heavy (non-hydrogen) atoms. The Morgan fingerprint density at radius 1 is 1.17 bits per heavy atom. The van der Waals surface area contributed by atoms with E-state index in [0.29, 0.717) is 26.0 Å². The number of carbonyl (C=O) groups excluding carboxylic acids is 2. The van der Waals surface area contributed by atoms with Gasteiger partial charge < -0.3 is 15.4 Å². The van der Waals surface area contributed by atoms with Gasteiger partial charge in [0.15, 0.2) is 0 Å². The average molecular weight is 258 g/mol. The number of rotatable bonds is 9. The maximum atomic E-state index is 11.5. The van der Waals surface area contributed by atoms with E-state index in [1.165, 1.54) is 0 Å². The van der Waals surface area contributed by atoms with Gasteiger partial charge in [0.05, 0.1) is 6.61 Å². The number of carbonyl (C=O) groups is 2. The molecule has 5 heteroatoms. The first-order chi connectivity index (χ1) is 8.54.